The summed E-state index contributed by atoms with van der Waals surface area (Å²) in [6.07, 6.45) is 1.34. The summed E-state index contributed by atoms with van der Waals surface area (Å²) in [6, 6.07) is 9.58. The van der Waals surface area contributed by atoms with E-state index < -0.39 is 11.2 Å². The van der Waals surface area contributed by atoms with Crippen LogP contribution in [0, 0.1) is 6.92 Å². The molecule has 1 amide bonds. The summed E-state index contributed by atoms with van der Waals surface area (Å²) in [7, 11) is 3.90. The van der Waals surface area contributed by atoms with Gasteiger partial charge >= 0.3 is 5.69 Å². The number of aromatic nitrogens is 3. The fourth-order valence-electron chi connectivity index (χ4n) is 2.85. The Morgan fingerprint density at radius 2 is 1.89 bits per heavy atom. The second kappa shape index (κ2) is 7.55. The lowest BCUT2D eigenvalue weighted by atomic mass is 10.0. The van der Waals surface area contributed by atoms with E-state index in [1.165, 1.54) is 17.8 Å². The third kappa shape index (κ3) is 4.12. The zero-order valence-electron chi connectivity index (χ0n) is 15.4. The average molecular weight is 367 g/mol. The molecule has 0 saturated carbocycles. The highest BCUT2D eigenvalue weighted by molar-refractivity contribution is 5.96. The minimum absolute atomic E-state index is 0.00252. The maximum Gasteiger partial charge on any atom is 0.327 e. The Hall–Kier alpha value is -3.26. The Labute approximate surface area is 155 Å². The SMILES string of the molecule is Cc1ccc(C(CNC(=O)c2cnc3[nH]c(=O)[nH]c(=O)c3c2)N(C)C)cc1. The number of nitrogens with one attached hydrogen (secondary N) is 3. The van der Waals surface area contributed by atoms with Crippen molar-refractivity contribution in [3.05, 3.63) is 74.1 Å². The van der Waals surface area contributed by atoms with Gasteiger partial charge in [0.25, 0.3) is 11.5 Å². The Morgan fingerprint density at radius 1 is 1.19 bits per heavy atom. The smallest absolute Gasteiger partial charge is 0.327 e. The predicted octanol–water partition coefficient (Wildman–Crippen LogP) is 0.953. The number of hydrogen-bond acceptors (Lipinski definition) is 5. The van der Waals surface area contributed by atoms with Crippen molar-refractivity contribution in [2.45, 2.75) is 13.0 Å². The van der Waals surface area contributed by atoms with Crippen LogP contribution in [0.2, 0.25) is 0 Å². The number of fused-ring (bicyclic) bond motifs is 1. The van der Waals surface area contributed by atoms with Gasteiger partial charge in [-0.05, 0) is 32.6 Å². The second-order valence-electron chi connectivity index (χ2n) is 6.63. The first-order valence-corrected chi connectivity index (χ1v) is 8.48. The maximum atomic E-state index is 12.5. The number of hydrogen-bond donors (Lipinski definition) is 3. The zero-order valence-corrected chi connectivity index (χ0v) is 15.4. The van der Waals surface area contributed by atoms with Crippen LogP contribution in [0.15, 0.2) is 46.1 Å². The van der Waals surface area contributed by atoms with Gasteiger partial charge in [-0.25, -0.2) is 9.78 Å². The minimum Gasteiger partial charge on any atom is -0.350 e. The normalized spacial score (nSPS) is 12.3. The standard InChI is InChI=1S/C19H21N5O3/c1-11-4-6-12(7-5-11)15(24(2)3)10-21-17(25)13-8-14-16(20-9-13)22-19(27)23-18(14)26/h4-9,15H,10H2,1-3H3,(H,21,25)(H2,20,22,23,26,27). The number of pyridine rings is 1. The predicted molar refractivity (Wildman–Crippen MR) is 103 cm³/mol. The Kier molecular flexibility index (Phi) is 5.18. The van der Waals surface area contributed by atoms with Gasteiger partial charge in [-0.2, -0.15) is 0 Å². The molecule has 1 unspecified atom stereocenters. The number of aromatic amines is 2. The molecule has 0 aliphatic carbocycles. The van der Waals surface area contributed by atoms with Crippen molar-refractivity contribution in [2.75, 3.05) is 20.6 Å². The van der Waals surface area contributed by atoms with Crippen molar-refractivity contribution in [1.29, 1.82) is 0 Å². The van der Waals surface area contributed by atoms with Crippen LogP contribution < -0.4 is 16.6 Å². The average Bonchev–Trinajstić information content (AvgIpc) is 2.62. The number of rotatable bonds is 5. The molecule has 0 aliphatic rings. The molecule has 0 bridgehead atoms. The molecule has 1 aromatic carbocycles. The number of aryl methyl sites for hydroxylation is 1. The van der Waals surface area contributed by atoms with E-state index in [0.29, 0.717) is 6.54 Å². The molecule has 140 valence electrons. The number of H-pyrrole nitrogens is 2. The Bertz CT molecular complexity index is 1080. The first-order valence-electron chi connectivity index (χ1n) is 8.48. The first kappa shape index (κ1) is 18.5. The van der Waals surface area contributed by atoms with Gasteiger partial charge in [0.05, 0.1) is 17.0 Å². The minimum atomic E-state index is -0.635. The molecule has 3 N–H and O–H groups in total. The van der Waals surface area contributed by atoms with Crippen LogP contribution in [-0.4, -0.2) is 46.4 Å². The summed E-state index contributed by atoms with van der Waals surface area (Å²) < 4.78 is 0. The number of nitrogens with zero attached hydrogens (tertiary/aromatic N) is 2. The quantitative estimate of drug-likeness (QED) is 0.622. The number of likely N-dealkylation sites (N-methyl/N-ethyl adjacent to an activating group) is 1. The van der Waals surface area contributed by atoms with E-state index in [4.69, 9.17) is 0 Å². The molecule has 0 fully saturated rings. The van der Waals surface area contributed by atoms with Crippen molar-refractivity contribution in [2.24, 2.45) is 0 Å². The van der Waals surface area contributed by atoms with Crippen LogP contribution >= 0.6 is 0 Å². The van der Waals surface area contributed by atoms with Gasteiger partial charge < -0.3 is 10.2 Å². The molecular weight excluding hydrogens is 346 g/mol. The van der Waals surface area contributed by atoms with Gasteiger partial charge in [0.15, 0.2) is 0 Å². The van der Waals surface area contributed by atoms with Gasteiger partial charge in [-0.1, -0.05) is 29.8 Å². The second-order valence-corrected chi connectivity index (χ2v) is 6.63. The van der Waals surface area contributed by atoms with E-state index in [0.717, 1.165) is 5.56 Å². The zero-order chi connectivity index (χ0) is 19.6. The molecule has 3 aromatic rings. The van der Waals surface area contributed by atoms with Gasteiger partial charge in [-0.15, -0.1) is 0 Å². The van der Waals surface area contributed by atoms with Crippen LogP contribution in [0.4, 0.5) is 0 Å². The van der Waals surface area contributed by atoms with E-state index in [9.17, 15) is 14.4 Å². The van der Waals surface area contributed by atoms with Crippen LogP contribution in [0.5, 0.6) is 0 Å². The molecule has 8 heteroatoms. The maximum absolute atomic E-state index is 12.5. The molecule has 1 atom stereocenters. The summed E-state index contributed by atoms with van der Waals surface area (Å²) >= 11 is 0. The summed E-state index contributed by atoms with van der Waals surface area (Å²) in [4.78, 5) is 46.3. The fraction of sp³-hybridized carbons (Fsp3) is 0.263. The summed E-state index contributed by atoms with van der Waals surface area (Å²) in [6.45, 7) is 2.42. The molecule has 8 nitrogen and oxygen atoms in total. The molecule has 2 aromatic heterocycles. The lowest BCUT2D eigenvalue weighted by molar-refractivity contribution is 0.0941. The Balaban J connectivity index is 1.80. The molecule has 0 saturated heterocycles. The highest BCUT2D eigenvalue weighted by Gasteiger charge is 2.16. The van der Waals surface area contributed by atoms with Crippen LogP contribution in [0.1, 0.15) is 27.5 Å². The lowest BCUT2D eigenvalue weighted by Gasteiger charge is -2.25. The molecular formula is C19H21N5O3. The van der Waals surface area contributed by atoms with E-state index in [-0.39, 0.29) is 28.5 Å². The largest absolute Gasteiger partial charge is 0.350 e. The molecule has 0 aliphatic heterocycles. The number of amides is 1. The summed E-state index contributed by atoms with van der Waals surface area (Å²) in [5, 5.41) is 3.04. The summed E-state index contributed by atoms with van der Waals surface area (Å²) in [5.74, 6) is -0.339. The van der Waals surface area contributed by atoms with Crippen molar-refractivity contribution in [3.63, 3.8) is 0 Å². The first-order chi connectivity index (χ1) is 12.8. The monoisotopic (exact) mass is 367 g/mol. The van der Waals surface area contributed by atoms with Crippen molar-refractivity contribution >= 4 is 16.9 Å². The third-order valence-corrected chi connectivity index (χ3v) is 4.39. The topological polar surface area (TPSA) is 111 Å². The van der Waals surface area contributed by atoms with Crippen molar-refractivity contribution in [1.82, 2.24) is 25.2 Å². The highest BCUT2D eigenvalue weighted by atomic mass is 16.2. The van der Waals surface area contributed by atoms with Crippen molar-refractivity contribution in [3.8, 4) is 0 Å². The molecule has 0 spiro atoms. The van der Waals surface area contributed by atoms with Crippen LogP contribution in [-0.2, 0) is 0 Å². The fourth-order valence-corrected chi connectivity index (χ4v) is 2.85. The van der Waals surface area contributed by atoms with Gasteiger partial charge in [-0.3, -0.25) is 19.6 Å². The van der Waals surface area contributed by atoms with Gasteiger partial charge in [0.2, 0.25) is 0 Å². The van der Waals surface area contributed by atoms with E-state index >= 15 is 0 Å². The van der Waals surface area contributed by atoms with Gasteiger partial charge in [0, 0.05) is 12.7 Å². The lowest BCUT2D eigenvalue weighted by Crippen LogP contribution is -2.34. The molecule has 3 rings (SSSR count). The van der Waals surface area contributed by atoms with Crippen molar-refractivity contribution < 1.29 is 4.79 Å². The molecule has 2 heterocycles. The van der Waals surface area contributed by atoms with E-state index in [1.54, 1.807) is 0 Å². The van der Waals surface area contributed by atoms with Crippen LogP contribution in [0.3, 0.4) is 0 Å². The number of carbonyl (C=O) groups is 1. The number of benzene rings is 1. The van der Waals surface area contributed by atoms with Gasteiger partial charge in [0.1, 0.15) is 5.65 Å². The third-order valence-electron chi connectivity index (χ3n) is 4.39. The number of carbonyl (C=O) groups excluding carboxylic acids is 1. The highest BCUT2D eigenvalue weighted by Crippen LogP contribution is 2.18. The molecule has 27 heavy (non-hydrogen) atoms. The Morgan fingerprint density at radius 3 is 2.56 bits per heavy atom. The van der Waals surface area contributed by atoms with Crippen LogP contribution in [0.25, 0.3) is 11.0 Å². The summed E-state index contributed by atoms with van der Waals surface area (Å²) in [5.41, 5.74) is 1.45. The molecule has 0 radical (unpaired) electrons. The van der Waals surface area contributed by atoms with E-state index in [1.807, 2.05) is 50.2 Å². The van der Waals surface area contributed by atoms with E-state index in [2.05, 4.69) is 20.3 Å².